The van der Waals surface area contributed by atoms with Crippen molar-refractivity contribution in [2.75, 3.05) is 18.1 Å². The Morgan fingerprint density at radius 1 is 1.15 bits per heavy atom. The van der Waals surface area contributed by atoms with E-state index in [0.29, 0.717) is 24.8 Å². The van der Waals surface area contributed by atoms with Crippen LogP contribution in [-0.2, 0) is 11.3 Å². The number of anilines is 1. The van der Waals surface area contributed by atoms with Crippen LogP contribution in [0.25, 0.3) is 10.4 Å². The number of thiazole rings is 1. The number of rotatable bonds is 11. The van der Waals surface area contributed by atoms with Gasteiger partial charge in [-0.15, -0.1) is 11.3 Å². The summed E-state index contributed by atoms with van der Waals surface area (Å²) in [6, 6.07) is 14.1. The van der Waals surface area contributed by atoms with Crippen molar-refractivity contribution >= 4 is 29.4 Å². The first-order valence-corrected chi connectivity index (χ1v) is 14.6. The van der Waals surface area contributed by atoms with Crippen molar-refractivity contribution in [1.82, 2.24) is 10.3 Å². The zero-order valence-corrected chi connectivity index (χ0v) is 24.2. The van der Waals surface area contributed by atoms with Gasteiger partial charge in [-0.2, -0.15) is 0 Å². The van der Waals surface area contributed by atoms with Crippen LogP contribution in [0.3, 0.4) is 0 Å². The molecule has 1 aromatic heterocycles. The minimum Gasteiger partial charge on any atom is -0.494 e. The average Bonchev–Trinajstić information content (AvgIpc) is 3.59. The third-order valence-corrected chi connectivity index (χ3v) is 7.80. The summed E-state index contributed by atoms with van der Waals surface area (Å²) in [7, 11) is 0. The monoisotopic (exact) mass is 549 g/mol. The Morgan fingerprint density at radius 2 is 1.90 bits per heavy atom. The van der Waals surface area contributed by atoms with E-state index in [4.69, 9.17) is 9.47 Å². The number of aldehydes is 1. The molecule has 1 aliphatic carbocycles. The lowest BCUT2D eigenvalue weighted by Crippen LogP contribution is -2.37. The molecule has 1 aliphatic rings. The number of carbonyl (C=O) groups excluding carboxylic acids is 2. The second kappa shape index (κ2) is 13.1. The van der Waals surface area contributed by atoms with Crippen LogP contribution in [0.5, 0.6) is 5.75 Å². The van der Waals surface area contributed by atoms with E-state index in [1.165, 1.54) is 12.8 Å². The molecule has 0 bridgehead atoms. The molecule has 0 saturated heterocycles. The van der Waals surface area contributed by atoms with Crippen LogP contribution in [-0.4, -0.2) is 42.2 Å². The van der Waals surface area contributed by atoms with Crippen molar-refractivity contribution < 1.29 is 19.1 Å². The van der Waals surface area contributed by atoms with E-state index in [1.54, 1.807) is 23.5 Å². The molecule has 2 aromatic carbocycles. The zero-order chi connectivity index (χ0) is 27.8. The Hall–Kier alpha value is -3.39. The van der Waals surface area contributed by atoms with E-state index in [9.17, 15) is 9.59 Å². The summed E-state index contributed by atoms with van der Waals surface area (Å²) < 4.78 is 11.5. The van der Waals surface area contributed by atoms with Crippen LogP contribution in [0, 0.1) is 6.92 Å². The van der Waals surface area contributed by atoms with Gasteiger partial charge in [-0.05, 0) is 88.4 Å². The van der Waals surface area contributed by atoms with Gasteiger partial charge in [-0.3, -0.25) is 4.79 Å². The largest absolute Gasteiger partial charge is 0.494 e. The molecule has 1 saturated carbocycles. The number of hydrogen-bond acceptors (Lipinski definition) is 7. The second-order valence-electron chi connectivity index (χ2n) is 11.0. The van der Waals surface area contributed by atoms with E-state index in [0.717, 1.165) is 65.2 Å². The SMILES string of the molecule is Cc1ncsc1-c1ccc(CNC(=O)OC(C)(C)C)c(N(CCCOc2ccc(C=O)cc2)C2CCCC2)c1. The van der Waals surface area contributed by atoms with E-state index in [1.807, 2.05) is 45.3 Å². The molecule has 0 atom stereocenters. The molecule has 0 radical (unpaired) electrons. The number of nitrogens with zero attached hydrogens (tertiary/aromatic N) is 2. The summed E-state index contributed by atoms with van der Waals surface area (Å²) >= 11 is 1.65. The maximum Gasteiger partial charge on any atom is 0.407 e. The maximum absolute atomic E-state index is 12.5. The first-order valence-electron chi connectivity index (χ1n) is 13.7. The van der Waals surface area contributed by atoms with Gasteiger partial charge in [0.05, 0.1) is 22.7 Å². The van der Waals surface area contributed by atoms with Crippen LogP contribution in [0.1, 0.15) is 74.5 Å². The minimum atomic E-state index is -0.552. The average molecular weight is 550 g/mol. The van der Waals surface area contributed by atoms with Crippen molar-refractivity contribution in [2.24, 2.45) is 0 Å². The number of nitrogens with one attached hydrogen (secondary N) is 1. The molecule has 1 fully saturated rings. The third kappa shape index (κ3) is 8.05. The smallest absolute Gasteiger partial charge is 0.407 e. The molecule has 0 aliphatic heterocycles. The predicted molar refractivity (Wildman–Crippen MR) is 157 cm³/mol. The van der Waals surface area contributed by atoms with E-state index in [2.05, 4.69) is 33.4 Å². The van der Waals surface area contributed by atoms with E-state index >= 15 is 0 Å². The van der Waals surface area contributed by atoms with E-state index < -0.39 is 11.7 Å². The maximum atomic E-state index is 12.5. The Balaban J connectivity index is 1.55. The number of alkyl carbamates (subject to hydrolysis) is 1. The summed E-state index contributed by atoms with van der Waals surface area (Å²) in [5.74, 6) is 0.762. The normalized spacial score (nSPS) is 13.7. The molecular weight excluding hydrogens is 510 g/mol. The Morgan fingerprint density at radius 3 is 2.54 bits per heavy atom. The molecule has 8 heteroatoms. The number of hydrogen-bond donors (Lipinski definition) is 1. The number of amides is 1. The lowest BCUT2D eigenvalue weighted by Gasteiger charge is -2.33. The van der Waals surface area contributed by atoms with Crippen LogP contribution < -0.4 is 15.0 Å². The fourth-order valence-electron chi connectivity index (χ4n) is 4.97. The lowest BCUT2D eigenvalue weighted by atomic mass is 10.0. The van der Waals surface area contributed by atoms with Gasteiger partial charge >= 0.3 is 6.09 Å². The third-order valence-electron chi connectivity index (χ3n) is 6.82. The zero-order valence-electron chi connectivity index (χ0n) is 23.4. The highest BCUT2D eigenvalue weighted by Gasteiger charge is 2.26. The van der Waals surface area contributed by atoms with Crippen molar-refractivity contribution in [3.63, 3.8) is 0 Å². The molecule has 7 nitrogen and oxygen atoms in total. The summed E-state index contributed by atoms with van der Waals surface area (Å²) in [6.45, 7) is 9.43. The fourth-order valence-corrected chi connectivity index (χ4v) is 5.77. The molecule has 1 N–H and O–H groups in total. The Bertz CT molecular complexity index is 1240. The van der Waals surface area contributed by atoms with Gasteiger partial charge < -0.3 is 19.7 Å². The highest BCUT2D eigenvalue weighted by Crippen LogP contribution is 2.36. The molecule has 0 unspecified atom stereocenters. The van der Waals surface area contributed by atoms with Crippen molar-refractivity contribution in [3.8, 4) is 16.2 Å². The fraction of sp³-hybridized carbons (Fsp3) is 0.452. The molecule has 4 rings (SSSR count). The Kier molecular flexibility index (Phi) is 9.62. The number of aryl methyl sites for hydroxylation is 1. The second-order valence-corrected chi connectivity index (χ2v) is 11.8. The minimum absolute atomic E-state index is 0.384. The quantitative estimate of drug-likeness (QED) is 0.202. The molecule has 1 heterocycles. The van der Waals surface area contributed by atoms with Crippen molar-refractivity contribution in [3.05, 3.63) is 64.8 Å². The van der Waals surface area contributed by atoms with Gasteiger partial charge in [0.15, 0.2) is 0 Å². The summed E-state index contributed by atoms with van der Waals surface area (Å²) in [4.78, 5) is 31.5. The number of carbonyl (C=O) groups is 2. The van der Waals surface area contributed by atoms with Gasteiger partial charge in [0.25, 0.3) is 0 Å². The van der Waals surface area contributed by atoms with Crippen molar-refractivity contribution in [2.45, 2.75) is 78.0 Å². The molecule has 208 valence electrons. The highest BCUT2D eigenvalue weighted by molar-refractivity contribution is 7.13. The van der Waals surface area contributed by atoms with Crippen LogP contribution >= 0.6 is 11.3 Å². The standard InChI is InChI=1S/C31H39N3O4S/c1-22-29(39-21-33-22)24-12-13-25(19-32-30(36)38-31(2,3)4)28(18-24)34(26-8-5-6-9-26)16-7-17-37-27-14-10-23(20-35)11-15-27/h10-15,18,20-21,26H,5-9,16-17,19H2,1-4H3,(H,32,36). The highest BCUT2D eigenvalue weighted by atomic mass is 32.1. The summed E-state index contributed by atoms with van der Waals surface area (Å²) in [6.07, 6.45) is 6.00. The summed E-state index contributed by atoms with van der Waals surface area (Å²) in [5.41, 5.74) is 6.33. The molecular formula is C31H39N3O4S. The number of aromatic nitrogens is 1. The van der Waals surface area contributed by atoms with Gasteiger partial charge in [0.2, 0.25) is 0 Å². The van der Waals surface area contributed by atoms with Crippen LogP contribution in [0.15, 0.2) is 48.0 Å². The molecule has 3 aromatic rings. The molecule has 1 amide bonds. The predicted octanol–water partition coefficient (Wildman–Crippen LogP) is 7.17. The number of benzene rings is 2. The molecule has 0 spiro atoms. The lowest BCUT2D eigenvalue weighted by molar-refractivity contribution is 0.0523. The Labute approximate surface area is 235 Å². The first kappa shape index (κ1) is 28.6. The number of ether oxygens (including phenoxy) is 2. The van der Waals surface area contributed by atoms with E-state index in [-0.39, 0.29) is 0 Å². The van der Waals surface area contributed by atoms with Gasteiger partial charge in [0.1, 0.15) is 17.6 Å². The van der Waals surface area contributed by atoms with Crippen LogP contribution in [0.4, 0.5) is 10.5 Å². The van der Waals surface area contributed by atoms with Crippen molar-refractivity contribution in [1.29, 1.82) is 0 Å². The van der Waals surface area contributed by atoms with Gasteiger partial charge in [-0.1, -0.05) is 25.0 Å². The molecule has 39 heavy (non-hydrogen) atoms. The van der Waals surface area contributed by atoms with Crippen LogP contribution in [0.2, 0.25) is 0 Å². The van der Waals surface area contributed by atoms with Gasteiger partial charge in [0, 0.05) is 30.4 Å². The van der Waals surface area contributed by atoms with Gasteiger partial charge in [-0.25, -0.2) is 9.78 Å². The summed E-state index contributed by atoms with van der Waals surface area (Å²) in [5, 5.41) is 2.96. The topological polar surface area (TPSA) is 80.8 Å². The first-order chi connectivity index (χ1) is 18.7.